The molecule has 33 heavy (non-hydrogen) atoms. The maximum atomic E-state index is 12.6. The first-order valence-electron chi connectivity index (χ1n) is 10.3. The van der Waals surface area contributed by atoms with Gasteiger partial charge in [-0.1, -0.05) is 48.5 Å². The first-order valence-corrected chi connectivity index (χ1v) is 10.3. The van der Waals surface area contributed by atoms with Gasteiger partial charge >= 0.3 is 11.6 Å². The van der Waals surface area contributed by atoms with Crippen LogP contribution in [-0.2, 0) is 4.79 Å². The molecular weight excluding hydrogens is 422 g/mol. The molecule has 0 fully saturated rings. The van der Waals surface area contributed by atoms with Gasteiger partial charge in [0.25, 0.3) is 5.91 Å². The lowest BCUT2D eigenvalue weighted by molar-refractivity contribution is -0.136. The van der Waals surface area contributed by atoms with Gasteiger partial charge in [0.1, 0.15) is 22.6 Å². The number of carbonyl (C=O) groups excluding carboxylic acids is 2. The highest BCUT2D eigenvalue weighted by atomic mass is 16.6. The SMILES string of the molecule is CC(NC(=O)c1cc2ccc(OC(=O)COc3ccccc3)cc2oc1=O)c1ccccc1. The van der Waals surface area contributed by atoms with Gasteiger partial charge in [0.15, 0.2) is 6.61 Å². The predicted molar refractivity (Wildman–Crippen MR) is 122 cm³/mol. The molecule has 1 amide bonds. The Bertz CT molecular complexity index is 1330. The molecule has 0 radical (unpaired) electrons. The van der Waals surface area contributed by atoms with Gasteiger partial charge in [-0.05, 0) is 42.8 Å². The van der Waals surface area contributed by atoms with E-state index in [0.717, 1.165) is 5.56 Å². The monoisotopic (exact) mass is 443 g/mol. The largest absolute Gasteiger partial charge is 0.482 e. The molecule has 0 aliphatic heterocycles. The van der Waals surface area contributed by atoms with Gasteiger partial charge in [0, 0.05) is 11.5 Å². The molecule has 1 atom stereocenters. The van der Waals surface area contributed by atoms with Crippen LogP contribution >= 0.6 is 0 Å². The summed E-state index contributed by atoms with van der Waals surface area (Å²) in [6, 6.07) is 24.1. The minimum atomic E-state index is -0.781. The highest BCUT2D eigenvalue weighted by Gasteiger charge is 2.17. The van der Waals surface area contributed by atoms with Crippen molar-refractivity contribution in [1.82, 2.24) is 5.32 Å². The van der Waals surface area contributed by atoms with E-state index in [0.29, 0.717) is 11.1 Å². The van der Waals surface area contributed by atoms with Crippen molar-refractivity contribution in [2.45, 2.75) is 13.0 Å². The number of esters is 1. The lowest BCUT2D eigenvalue weighted by atomic mass is 10.1. The molecule has 7 nitrogen and oxygen atoms in total. The Balaban J connectivity index is 1.45. The third-order valence-corrected chi connectivity index (χ3v) is 4.93. The Morgan fingerprint density at radius 2 is 1.61 bits per heavy atom. The van der Waals surface area contributed by atoms with Crippen LogP contribution in [0.1, 0.15) is 28.9 Å². The van der Waals surface area contributed by atoms with Crippen molar-refractivity contribution in [3.8, 4) is 11.5 Å². The zero-order valence-electron chi connectivity index (χ0n) is 17.8. The quantitative estimate of drug-likeness (QED) is 0.260. The maximum Gasteiger partial charge on any atom is 0.349 e. The number of hydrogen-bond donors (Lipinski definition) is 1. The molecule has 166 valence electrons. The average Bonchev–Trinajstić information content (AvgIpc) is 2.83. The van der Waals surface area contributed by atoms with E-state index in [4.69, 9.17) is 13.9 Å². The molecule has 0 aliphatic rings. The predicted octanol–water partition coefficient (Wildman–Crippen LogP) is 4.27. The lowest BCUT2D eigenvalue weighted by Crippen LogP contribution is -2.30. The fraction of sp³-hybridized carbons (Fsp3) is 0.115. The fourth-order valence-corrected chi connectivity index (χ4v) is 3.23. The maximum absolute atomic E-state index is 12.6. The molecule has 1 aromatic heterocycles. The van der Waals surface area contributed by atoms with Crippen molar-refractivity contribution in [2.75, 3.05) is 6.61 Å². The second-order valence-electron chi connectivity index (χ2n) is 7.33. The van der Waals surface area contributed by atoms with Crippen molar-refractivity contribution in [1.29, 1.82) is 0 Å². The molecule has 0 saturated carbocycles. The van der Waals surface area contributed by atoms with Crippen molar-refractivity contribution < 1.29 is 23.5 Å². The van der Waals surface area contributed by atoms with Crippen LogP contribution in [0.25, 0.3) is 11.0 Å². The summed E-state index contributed by atoms with van der Waals surface area (Å²) in [7, 11) is 0. The van der Waals surface area contributed by atoms with E-state index in [1.54, 1.807) is 36.4 Å². The summed E-state index contributed by atoms with van der Waals surface area (Å²) >= 11 is 0. The molecule has 0 spiro atoms. The number of amides is 1. The second-order valence-corrected chi connectivity index (χ2v) is 7.33. The van der Waals surface area contributed by atoms with Crippen LogP contribution in [0, 0.1) is 0 Å². The molecular formula is C26H21NO6. The van der Waals surface area contributed by atoms with E-state index in [9.17, 15) is 14.4 Å². The summed E-state index contributed by atoms with van der Waals surface area (Å²) in [5.74, 6) is -0.393. The molecule has 4 aromatic rings. The highest BCUT2D eigenvalue weighted by Crippen LogP contribution is 2.21. The molecule has 0 saturated heterocycles. The number of nitrogens with one attached hydrogen (secondary N) is 1. The van der Waals surface area contributed by atoms with Crippen molar-refractivity contribution in [3.63, 3.8) is 0 Å². The lowest BCUT2D eigenvalue weighted by Gasteiger charge is -2.14. The summed E-state index contributed by atoms with van der Waals surface area (Å²) in [6.07, 6.45) is 0. The summed E-state index contributed by atoms with van der Waals surface area (Å²) in [4.78, 5) is 37.1. The second kappa shape index (κ2) is 9.82. The number of rotatable bonds is 7. The summed E-state index contributed by atoms with van der Waals surface area (Å²) < 4.78 is 15.9. The molecule has 7 heteroatoms. The number of hydrogen-bond acceptors (Lipinski definition) is 6. The fourth-order valence-electron chi connectivity index (χ4n) is 3.23. The van der Waals surface area contributed by atoms with Crippen LogP contribution in [0.4, 0.5) is 0 Å². The number of fused-ring (bicyclic) bond motifs is 1. The molecule has 0 aliphatic carbocycles. The van der Waals surface area contributed by atoms with E-state index in [1.165, 1.54) is 12.1 Å². The topological polar surface area (TPSA) is 94.8 Å². The highest BCUT2D eigenvalue weighted by molar-refractivity contribution is 5.97. The van der Waals surface area contributed by atoms with E-state index in [-0.39, 0.29) is 29.5 Å². The molecule has 1 unspecified atom stereocenters. The van der Waals surface area contributed by atoms with Gasteiger partial charge in [0.05, 0.1) is 6.04 Å². The van der Waals surface area contributed by atoms with E-state index >= 15 is 0 Å². The van der Waals surface area contributed by atoms with E-state index in [1.807, 2.05) is 43.3 Å². The minimum Gasteiger partial charge on any atom is -0.482 e. The number of para-hydroxylation sites is 1. The average molecular weight is 443 g/mol. The zero-order chi connectivity index (χ0) is 23.2. The summed E-state index contributed by atoms with van der Waals surface area (Å²) in [5, 5.41) is 3.32. The number of ether oxygens (including phenoxy) is 2. The van der Waals surface area contributed by atoms with Gasteiger partial charge in [-0.15, -0.1) is 0 Å². The normalized spacial score (nSPS) is 11.5. The number of carbonyl (C=O) groups is 2. The standard InChI is InChI=1S/C26H21NO6/c1-17(18-8-4-2-5-9-18)27-25(29)22-14-19-12-13-21(15-23(19)33-26(22)30)32-24(28)16-31-20-10-6-3-7-11-20/h2-15,17H,16H2,1H3,(H,27,29). The number of benzene rings is 3. The molecule has 1 N–H and O–H groups in total. The summed E-state index contributed by atoms with van der Waals surface area (Å²) in [5.41, 5.74) is 0.225. The smallest absolute Gasteiger partial charge is 0.349 e. The minimum absolute atomic E-state index is 0.105. The van der Waals surface area contributed by atoms with Gasteiger partial charge in [0.2, 0.25) is 0 Å². The molecule has 4 rings (SSSR count). The van der Waals surface area contributed by atoms with Crippen LogP contribution in [0.5, 0.6) is 11.5 Å². The Morgan fingerprint density at radius 3 is 2.33 bits per heavy atom. The Labute approximate surface area is 189 Å². The molecule has 3 aromatic carbocycles. The first kappa shape index (κ1) is 21.8. The van der Waals surface area contributed by atoms with E-state index in [2.05, 4.69) is 5.32 Å². The molecule has 1 heterocycles. The third-order valence-electron chi connectivity index (χ3n) is 4.93. The van der Waals surface area contributed by atoms with Gasteiger partial charge < -0.3 is 19.2 Å². The van der Waals surface area contributed by atoms with Crippen LogP contribution in [0.15, 0.2) is 94.1 Å². The Kier molecular flexibility index (Phi) is 6.50. The van der Waals surface area contributed by atoms with Gasteiger partial charge in [-0.25, -0.2) is 9.59 Å². The van der Waals surface area contributed by atoms with Crippen LogP contribution in [0.3, 0.4) is 0 Å². The van der Waals surface area contributed by atoms with Crippen LogP contribution in [-0.4, -0.2) is 18.5 Å². The van der Waals surface area contributed by atoms with Crippen molar-refractivity contribution >= 4 is 22.8 Å². The third kappa shape index (κ3) is 5.46. The molecule has 0 bridgehead atoms. The van der Waals surface area contributed by atoms with E-state index < -0.39 is 17.5 Å². The van der Waals surface area contributed by atoms with Gasteiger partial charge in [-0.2, -0.15) is 0 Å². The Hall–Kier alpha value is -4.39. The van der Waals surface area contributed by atoms with Crippen LogP contribution in [0.2, 0.25) is 0 Å². The van der Waals surface area contributed by atoms with Crippen molar-refractivity contribution in [2.24, 2.45) is 0 Å². The van der Waals surface area contributed by atoms with Crippen molar-refractivity contribution in [3.05, 3.63) is 106 Å². The first-order chi connectivity index (χ1) is 16.0. The Morgan fingerprint density at radius 1 is 0.909 bits per heavy atom. The zero-order valence-corrected chi connectivity index (χ0v) is 17.8. The summed E-state index contributed by atoms with van der Waals surface area (Å²) in [6.45, 7) is 1.56. The van der Waals surface area contributed by atoms with Crippen LogP contribution < -0.4 is 20.4 Å². The van der Waals surface area contributed by atoms with Gasteiger partial charge in [-0.3, -0.25) is 4.79 Å².